The first-order valence-corrected chi connectivity index (χ1v) is 14.1. The number of halogens is 4. The fraction of sp³-hybridized carbons (Fsp3) is 0.517. The number of pyridine rings is 2. The molecule has 3 rings (SSSR count). The highest BCUT2D eigenvalue weighted by Gasteiger charge is 2.43. The number of aromatic nitrogens is 2. The standard InChI is InChI=1S/C29H35F4N5O7/c1-11(2)12(3)22-29(44)45-14(5)20(36-27(42)21-17(39)8-7-9-34-21)26(41)35-16(23(40)13(4)28(43)38(22)6)10-15-18(30)19(31)25(33)37-24(15)32/h7-9,11-14,16,20,22-23,39-40H,10H2,1-6H3,(H,35,41)(H,36,42)/t12?,13-,14-,16+,20+,22?,23+/m1/s1. The molecule has 45 heavy (non-hydrogen) atoms. The molecule has 3 heterocycles. The molecular weight excluding hydrogens is 606 g/mol. The second-order valence-electron chi connectivity index (χ2n) is 11.4. The SMILES string of the molecule is CC(C)C(C)C1C(=O)O[C@H](C)[C@H](NC(=O)c2ncccc2O)C(=O)N[C@@H](Cc2c(F)nc(F)c(F)c2F)[C@@H](O)[C@@H](C)C(=O)N1C. The Labute approximate surface area is 256 Å². The van der Waals surface area contributed by atoms with Gasteiger partial charge >= 0.3 is 5.97 Å². The Morgan fingerprint density at radius 3 is 2.36 bits per heavy atom. The van der Waals surface area contributed by atoms with Crippen molar-refractivity contribution in [1.82, 2.24) is 25.5 Å². The Hall–Kier alpha value is -4.34. The van der Waals surface area contributed by atoms with Gasteiger partial charge in [0.25, 0.3) is 11.9 Å². The zero-order chi connectivity index (χ0) is 33.9. The van der Waals surface area contributed by atoms with Gasteiger partial charge in [-0.2, -0.15) is 18.2 Å². The molecule has 0 saturated carbocycles. The van der Waals surface area contributed by atoms with Crippen LogP contribution in [0.15, 0.2) is 18.3 Å². The summed E-state index contributed by atoms with van der Waals surface area (Å²) < 4.78 is 62.4. The molecule has 1 saturated heterocycles. The quantitative estimate of drug-likeness (QED) is 0.208. The summed E-state index contributed by atoms with van der Waals surface area (Å²) in [4.78, 5) is 61.3. The second kappa shape index (κ2) is 14.2. The molecule has 2 aromatic rings. The van der Waals surface area contributed by atoms with Gasteiger partial charge in [0, 0.05) is 25.2 Å². The number of likely N-dealkylation sites (N-methyl/N-ethyl adjacent to an activating group) is 1. The number of carbonyl (C=O) groups is 4. The Morgan fingerprint density at radius 2 is 1.76 bits per heavy atom. The predicted molar refractivity (Wildman–Crippen MR) is 148 cm³/mol. The van der Waals surface area contributed by atoms with Crippen molar-refractivity contribution in [3.8, 4) is 5.75 Å². The van der Waals surface area contributed by atoms with E-state index in [0.717, 1.165) is 11.0 Å². The third-order valence-electron chi connectivity index (χ3n) is 8.05. The fourth-order valence-electron chi connectivity index (χ4n) is 4.98. The smallest absolute Gasteiger partial charge is 0.329 e. The number of aliphatic hydroxyl groups is 1. The summed E-state index contributed by atoms with van der Waals surface area (Å²) in [6.07, 6.45) is -3.22. The van der Waals surface area contributed by atoms with E-state index in [1.807, 2.05) is 0 Å². The van der Waals surface area contributed by atoms with E-state index in [4.69, 9.17) is 4.74 Å². The van der Waals surface area contributed by atoms with Gasteiger partial charge in [-0.1, -0.05) is 27.7 Å². The molecule has 4 N–H and O–H groups in total. The molecule has 246 valence electrons. The highest BCUT2D eigenvalue weighted by molar-refractivity contribution is 5.98. The molecule has 0 aromatic carbocycles. The first kappa shape index (κ1) is 35.1. The zero-order valence-corrected chi connectivity index (χ0v) is 25.3. The van der Waals surface area contributed by atoms with E-state index in [1.165, 1.54) is 33.2 Å². The van der Waals surface area contributed by atoms with Crippen LogP contribution in [0.2, 0.25) is 0 Å². The summed E-state index contributed by atoms with van der Waals surface area (Å²) in [7, 11) is 1.29. The number of ether oxygens (including phenoxy) is 1. The van der Waals surface area contributed by atoms with Crippen molar-refractivity contribution in [1.29, 1.82) is 0 Å². The van der Waals surface area contributed by atoms with E-state index in [2.05, 4.69) is 20.6 Å². The molecule has 0 bridgehead atoms. The molecule has 2 unspecified atom stereocenters. The fourth-order valence-corrected chi connectivity index (χ4v) is 4.98. The van der Waals surface area contributed by atoms with Crippen LogP contribution in [0.5, 0.6) is 5.75 Å². The molecule has 7 atom stereocenters. The van der Waals surface area contributed by atoms with Crippen molar-refractivity contribution in [2.75, 3.05) is 7.05 Å². The predicted octanol–water partition coefficient (Wildman–Crippen LogP) is 1.63. The number of cyclic esters (lactones) is 1. The number of aromatic hydroxyl groups is 1. The molecular formula is C29H35F4N5O7. The van der Waals surface area contributed by atoms with Crippen LogP contribution in [-0.4, -0.2) is 86.2 Å². The van der Waals surface area contributed by atoms with E-state index < -0.39 is 113 Å². The molecule has 1 aliphatic rings. The molecule has 1 aliphatic heterocycles. The van der Waals surface area contributed by atoms with E-state index >= 15 is 0 Å². The normalized spacial score (nSPS) is 25.6. The summed E-state index contributed by atoms with van der Waals surface area (Å²) in [6, 6.07) is -2.26. The summed E-state index contributed by atoms with van der Waals surface area (Å²) in [5.41, 5.74) is -1.63. The van der Waals surface area contributed by atoms with Crippen LogP contribution in [0, 0.1) is 41.3 Å². The van der Waals surface area contributed by atoms with Gasteiger partial charge in [-0.3, -0.25) is 14.4 Å². The van der Waals surface area contributed by atoms with Gasteiger partial charge in [0.15, 0.2) is 11.5 Å². The van der Waals surface area contributed by atoms with Gasteiger partial charge in [0.05, 0.1) is 18.1 Å². The average Bonchev–Trinajstić information content (AvgIpc) is 2.98. The Kier molecular flexibility index (Phi) is 11.1. The average molecular weight is 642 g/mol. The highest BCUT2D eigenvalue weighted by Crippen LogP contribution is 2.26. The van der Waals surface area contributed by atoms with Crippen molar-refractivity contribution in [3.05, 3.63) is 53.1 Å². The largest absolute Gasteiger partial charge is 0.505 e. The molecule has 0 radical (unpaired) electrons. The van der Waals surface area contributed by atoms with Gasteiger partial charge in [-0.05, 0) is 30.9 Å². The number of nitrogens with one attached hydrogen (secondary N) is 2. The van der Waals surface area contributed by atoms with Gasteiger partial charge in [-0.15, -0.1) is 0 Å². The third kappa shape index (κ3) is 7.49. The number of hydrogen-bond acceptors (Lipinski definition) is 9. The van der Waals surface area contributed by atoms with Crippen LogP contribution in [0.3, 0.4) is 0 Å². The van der Waals surface area contributed by atoms with Crippen LogP contribution in [0.1, 0.15) is 50.7 Å². The van der Waals surface area contributed by atoms with Gasteiger partial charge in [-0.25, -0.2) is 14.2 Å². The van der Waals surface area contributed by atoms with Crippen molar-refractivity contribution in [2.45, 2.75) is 71.4 Å². The highest BCUT2D eigenvalue weighted by atomic mass is 19.2. The maximum absolute atomic E-state index is 14.7. The summed E-state index contributed by atoms with van der Waals surface area (Å²) in [6.45, 7) is 7.74. The van der Waals surface area contributed by atoms with E-state index in [9.17, 15) is 47.0 Å². The molecule has 16 heteroatoms. The zero-order valence-electron chi connectivity index (χ0n) is 25.3. The van der Waals surface area contributed by atoms with Crippen LogP contribution in [-0.2, 0) is 25.5 Å². The van der Waals surface area contributed by atoms with Crippen molar-refractivity contribution < 1.29 is 51.7 Å². The Bertz CT molecular complexity index is 1460. The van der Waals surface area contributed by atoms with Crippen molar-refractivity contribution in [3.63, 3.8) is 0 Å². The van der Waals surface area contributed by atoms with E-state index in [1.54, 1.807) is 20.8 Å². The monoisotopic (exact) mass is 641 g/mol. The van der Waals surface area contributed by atoms with Crippen molar-refractivity contribution >= 4 is 23.7 Å². The van der Waals surface area contributed by atoms with Crippen LogP contribution in [0.25, 0.3) is 0 Å². The lowest BCUT2D eigenvalue weighted by Crippen LogP contribution is -2.61. The number of nitrogens with zero attached hydrogens (tertiary/aromatic N) is 3. The maximum Gasteiger partial charge on any atom is 0.329 e. The minimum Gasteiger partial charge on any atom is -0.505 e. The number of esters is 1. The van der Waals surface area contributed by atoms with Crippen LogP contribution in [0.4, 0.5) is 17.6 Å². The molecule has 0 spiro atoms. The Balaban J connectivity index is 2.14. The number of carbonyl (C=O) groups excluding carboxylic acids is 4. The lowest BCUT2D eigenvalue weighted by molar-refractivity contribution is -0.165. The van der Waals surface area contributed by atoms with Crippen LogP contribution < -0.4 is 10.6 Å². The maximum atomic E-state index is 14.7. The number of hydrogen-bond donors (Lipinski definition) is 4. The van der Waals surface area contributed by atoms with Gasteiger partial charge in [0.2, 0.25) is 23.6 Å². The third-order valence-corrected chi connectivity index (χ3v) is 8.05. The molecule has 3 amide bonds. The molecule has 1 fully saturated rings. The first-order valence-electron chi connectivity index (χ1n) is 14.1. The summed E-state index contributed by atoms with van der Waals surface area (Å²) in [5, 5.41) is 26.0. The van der Waals surface area contributed by atoms with Crippen molar-refractivity contribution in [2.24, 2.45) is 17.8 Å². The van der Waals surface area contributed by atoms with Crippen LogP contribution >= 0.6 is 0 Å². The Morgan fingerprint density at radius 1 is 1.11 bits per heavy atom. The molecule has 12 nitrogen and oxygen atoms in total. The lowest BCUT2D eigenvalue weighted by Gasteiger charge is -2.38. The number of rotatable bonds is 6. The van der Waals surface area contributed by atoms with E-state index in [-0.39, 0.29) is 5.92 Å². The number of amides is 3. The number of aliphatic hydroxyl groups excluding tert-OH is 1. The van der Waals surface area contributed by atoms with Gasteiger partial charge in [0.1, 0.15) is 23.9 Å². The molecule has 0 aliphatic carbocycles. The second-order valence-corrected chi connectivity index (χ2v) is 11.4. The van der Waals surface area contributed by atoms with Gasteiger partial charge < -0.3 is 30.5 Å². The lowest BCUT2D eigenvalue weighted by atomic mass is 9.87. The van der Waals surface area contributed by atoms with E-state index in [0.29, 0.717) is 0 Å². The summed E-state index contributed by atoms with van der Waals surface area (Å²) >= 11 is 0. The minimum absolute atomic E-state index is 0.174. The minimum atomic E-state index is -2.10. The molecule has 2 aromatic heterocycles. The summed E-state index contributed by atoms with van der Waals surface area (Å²) in [5.74, 6) is -14.5. The first-order chi connectivity index (χ1) is 21.0. The topological polar surface area (TPSA) is 171 Å².